The molecule has 8 nitrogen and oxygen atoms in total. The highest BCUT2D eigenvalue weighted by atomic mass is 19.1. The SMILES string of the molecule is CCN(CC)CCn1c(C)c(C)n2c3c(=O)n(Cc4ccccc4F)c(=O)n(C)c3nc12. The Bertz CT molecular complexity index is 1420. The van der Waals surface area contributed by atoms with E-state index >= 15 is 0 Å². The Morgan fingerprint density at radius 1 is 1.03 bits per heavy atom. The zero-order valence-electron chi connectivity index (χ0n) is 19.2. The molecule has 9 heteroatoms. The van der Waals surface area contributed by atoms with Crippen molar-refractivity contribution in [2.45, 2.75) is 40.8 Å². The summed E-state index contributed by atoms with van der Waals surface area (Å²) in [6.07, 6.45) is 0. The molecule has 0 aliphatic heterocycles. The minimum Gasteiger partial charge on any atom is -0.313 e. The van der Waals surface area contributed by atoms with Crippen molar-refractivity contribution in [2.24, 2.45) is 7.05 Å². The molecule has 0 aliphatic rings. The molecule has 0 amide bonds. The second-order valence-electron chi connectivity index (χ2n) is 8.09. The van der Waals surface area contributed by atoms with Gasteiger partial charge in [0.05, 0.1) is 6.54 Å². The molecule has 0 saturated heterocycles. The van der Waals surface area contributed by atoms with Crippen molar-refractivity contribution < 1.29 is 4.39 Å². The van der Waals surface area contributed by atoms with E-state index in [1.807, 2.05) is 18.2 Å². The summed E-state index contributed by atoms with van der Waals surface area (Å²) in [5, 5.41) is 0. The molecule has 0 N–H and O–H groups in total. The molecule has 3 heterocycles. The summed E-state index contributed by atoms with van der Waals surface area (Å²) in [5.41, 5.74) is 1.89. The lowest BCUT2D eigenvalue weighted by molar-refractivity contribution is 0.291. The molecular formula is C23H29FN6O2. The van der Waals surface area contributed by atoms with Gasteiger partial charge in [0.1, 0.15) is 5.82 Å². The minimum atomic E-state index is -0.518. The van der Waals surface area contributed by atoms with E-state index in [9.17, 15) is 14.0 Å². The molecule has 0 atom stereocenters. The monoisotopic (exact) mass is 440 g/mol. The summed E-state index contributed by atoms with van der Waals surface area (Å²) in [6.45, 7) is 11.6. The van der Waals surface area contributed by atoms with Crippen LogP contribution < -0.4 is 11.2 Å². The second-order valence-corrected chi connectivity index (χ2v) is 8.09. The number of aromatic nitrogens is 5. The van der Waals surface area contributed by atoms with E-state index in [0.717, 1.165) is 42.1 Å². The lowest BCUT2D eigenvalue weighted by Crippen LogP contribution is -2.39. The Morgan fingerprint density at radius 3 is 2.38 bits per heavy atom. The highest BCUT2D eigenvalue weighted by molar-refractivity contribution is 5.76. The van der Waals surface area contributed by atoms with Crippen LogP contribution in [0.5, 0.6) is 0 Å². The molecule has 4 aromatic rings. The summed E-state index contributed by atoms with van der Waals surface area (Å²) >= 11 is 0. The van der Waals surface area contributed by atoms with Crippen LogP contribution in [-0.4, -0.2) is 47.6 Å². The second kappa shape index (κ2) is 8.38. The van der Waals surface area contributed by atoms with Crippen LogP contribution in [0.3, 0.4) is 0 Å². The van der Waals surface area contributed by atoms with E-state index in [4.69, 9.17) is 4.98 Å². The van der Waals surface area contributed by atoms with Crippen LogP contribution in [-0.2, 0) is 20.1 Å². The maximum absolute atomic E-state index is 14.2. The van der Waals surface area contributed by atoms with Gasteiger partial charge < -0.3 is 9.47 Å². The van der Waals surface area contributed by atoms with Crippen molar-refractivity contribution >= 4 is 16.9 Å². The van der Waals surface area contributed by atoms with Gasteiger partial charge in [-0.05, 0) is 33.0 Å². The smallest absolute Gasteiger partial charge is 0.313 e. The number of imidazole rings is 2. The number of hydrogen-bond donors (Lipinski definition) is 0. The minimum absolute atomic E-state index is 0.137. The number of nitrogens with zero attached hydrogens (tertiary/aromatic N) is 6. The first-order valence-electron chi connectivity index (χ1n) is 10.9. The standard InChI is InChI=1S/C23H29FN6O2/c1-6-27(7-2)12-13-28-15(3)16(4)30-19-20(25-22(28)30)26(5)23(32)29(21(19)31)14-17-10-8-9-11-18(17)24/h8-11H,6-7,12-14H2,1-5H3. The zero-order chi connectivity index (χ0) is 23.2. The van der Waals surface area contributed by atoms with Crippen molar-refractivity contribution in [3.8, 4) is 0 Å². The largest absolute Gasteiger partial charge is 0.332 e. The van der Waals surface area contributed by atoms with Crippen molar-refractivity contribution in [1.29, 1.82) is 0 Å². The van der Waals surface area contributed by atoms with Crippen molar-refractivity contribution in [3.05, 3.63) is 67.9 Å². The van der Waals surface area contributed by atoms with Crippen LogP contribution in [0.4, 0.5) is 4.39 Å². The highest BCUT2D eigenvalue weighted by Gasteiger charge is 2.23. The van der Waals surface area contributed by atoms with Gasteiger partial charge in [-0.15, -0.1) is 0 Å². The Balaban J connectivity index is 1.93. The van der Waals surface area contributed by atoms with Crippen molar-refractivity contribution in [2.75, 3.05) is 19.6 Å². The summed E-state index contributed by atoms with van der Waals surface area (Å²) in [7, 11) is 1.59. The van der Waals surface area contributed by atoms with Gasteiger partial charge in [0.15, 0.2) is 11.2 Å². The Kier molecular flexibility index (Phi) is 5.77. The van der Waals surface area contributed by atoms with E-state index in [-0.39, 0.29) is 12.1 Å². The lowest BCUT2D eigenvalue weighted by Gasteiger charge is -2.18. The third kappa shape index (κ3) is 3.37. The van der Waals surface area contributed by atoms with Crippen molar-refractivity contribution in [1.82, 2.24) is 28.0 Å². The molecule has 1 aromatic carbocycles. The first-order chi connectivity index (χ1) is 15.3. The number of rotatable bonds is 7. The number of halogens is 1. The molecule has 0 spiro atoms. The Morgan fingerprint density at radius 2 is 1.72 bits per heavy atom. The molecular weight excluding hydrogens is 411 g/mol. The normalized spacial score (nSPS) is 12.0. The fourth-order valence-electron chi connectivity index (χ4n) is 4.30. The molecule has 0 bridgehead atoms. The number of aryl methyl sites for hydroxylation is 2. The van der Waals surface area contributed by atoms with Gasteiger partial charge in [-0.2, -0.15) is 4.98 Å². The number of hydrogen-bond acceptors (Lipinski definition) is 4. The third-order valence-corrected chi connectivity index (χ3v) is 6.45. The molecule has 0 saturated carbocycles. The highest BCUT2D eigenvalue weighted by Crippen LogP contribution is 2.21. The molecule has 4 rings (SSSR count). The summed E-state index contributed by atoms with van der Waals surface area (Å²) in [5.74, 6) is 0.187. The molecule has 170 valence electrons. The van der Waals surface area contributed by atoms with E-state index in [2.05, 4.69) is 23.3 Å². The van der Waals surface area contributed by atoms with Crippen molar-refractivity contribution in [3.63, 3.8) is 0 Å². The quantitative estimate of drug-likeness (QED) is 0.442. The molecule has 32 heavy (non-hydrogen) atoms. The van der Waals surface area contributed by atoms with E-state index in [0.29, 0.717) is 16.9 Å². The Hall–Kier alpha value is -3.20. The maximum Gasteiger partial charge on any atom is 0.332 e. The number of fused-ring (bicyclic) bond motifs is 3. The first kappa shape index (κ1) is 22.0. The van der Waals surface area contributed by atoms with Gasteiger partial charge in [-0.3, -0.25) is 18.3 Å². The van der Waals surface area contributed by atoms with Crippen LogP contribution in [0.25, 0.3) is 16.9 Å². The maximum atomic E-state index is 14.2. The van der Waals surface area contributed by atoms with Gasteiger partial charge in [0.2, 0.25) is 5.78 Å². The first-order valence-corrected chi connectivity index (χ1v) is 10.9. The molecule has 0 radical (unpaired) electrons. The van der Waals surface area contributed by atoms with Crippen LogP contribution in [0.1, 0.15) is 30.8 Å². The van der Waals surface area contributed by atoms with Crippen LogP contribution in [0, 0.1) is 19.7 Å². The topological polar surface area (TPSA) is 69.5 Å². The fraction of sp³-hybridized carbons (Fsp3) is 0.435. The number of likely N-dealkylation sites (N-methyl/N-ethyl adjacent to an activating group) is 1. The predicted octanol–water partition coefficient (Wildman–Crippen LogP) is 2.30. The van der Waals surface area contributed by atoms with Gasteiger partial charge in [0.25, 0.3) is 5.56 Å². The molecule has 0 unspecified atom stereocenters. The lowest BCUT2D eigenvalue weighted by atomic mass is 10.2. The predicted molar refractivity (Wildman–Crippen MR) is 123 cm³/mol. The number of benzene rings is 1. The van der Waals surface area contributed by atoms with E-state index in [1.165, 1.54) is 10.6 Å². The average Bonchev–Trinajstić information content (AvgIpc) is 3.28. The van der Waals surface area contributed by atoms with E-state index < -0.39 is 17.1 Å². The zero-order valence-corrected chi connectivity index (χ0v) is 19.2. The van der Waals surface area contributed by atoms with Crippen LogP contribution in [0.15, 0.2) is 33.9 Å². The van der Waals surface area contributed by atoms with Crippen LogP contribution in [0.2, 0.25) is 0 Å². The third-order valence-electron chi connectivity index (χ3n) is 6.45. The van der Waals surface area contributed by atoms with E-state index in [1.54, 1.807) is 25.2 Å². The van der Waals surface area contributed by atoms with Gasteiger partial charge in [-0.25, -0.2) is 9.18 Å². The summed E-state index contributed by atoms with van der Waals surface area (Å²) in [6, 6.07) is 6.17. The summed E-state index contributed by atoms with van der Waals surface area (Å²) < 4.78 is 20.6. The van der Waals surface area contributed by atoms with Gasteiger partial charge in [0, 0.05) is 37.1 Å². The average molecular weight is 441 g/mol. The molecule has 3 aromatic heterocycles. The Labute approximate surface area is 185 Å². The molecule has 0 aliphatic carbocycles. The van der Waals surface area contributed by atoms with Crippen LogP contribution >= 0.6 is 0 Å². The molecule has 0 fully saturated rings. The summed E-state index contributed by atoms with van der Waals surface area (Å²) in [4.78, 5) is 33.5. The fourth-order valence-corrected chi connectivity index (χ4v) is 4.30. The van der Waals surface area contributed by atoms with Gasteiger partial charge >= 0.3 is 5.69 Å². The van der Waals surface area contributed by atoms with Gasteiger partial charge in [-0.1, -0.05) is 32.0 Å².